The van der Waals surface area contributed by atoms with Gasteiger partial charge in [0.25, 0.3) is 0 Å². The Hall–Kier alpha value is 1.50. The molecule has 26 valence electrons. The molecule has 0 fully saturated rings. The van der Waals surface area contributed by atoms with Crippen LogP contribution in [0.2, 0.25) is 0 Å². The van der Waals surface area contributed by atoms with E-state index in [1.807, 2.05) is 0 Å². The number of rotatable bonds is 0. The summed E-state index contributed by atoms with van der Waals surface area (Å²) >= 11 is 9.53. The van der Waals surface area contributed by atoms with Gasteiger partial charge < -0.3 is 0 Å². The first kappa shape index (κ1) is 9.09. The Morgan fingerprint density at radius 3 is 1.25 bits per heavy atom. The zero-order chi connectivity index (χ0) is 2.71. The second-order valence-electron chi connectivity index (χ2n) is 0.101. The average molecular weight is 294 g/mol. The van der Waals surface area contributed by atoms with E-state index < -0.39 is 0 Å². The molecule has 0 aliphatic heterocycles. The molecule has 0 saturated heterocycles. The van der Waals surface area contributed by atoms with Crippen molar-refractivity contribution in [2.24, 2.45) is 0 Å². The van der Waals surface area contributed by atoms with Gasteiger partial charge in [0.05, 0.1) is 5.34 Å². The van der Waals surface area contributed by atoms with Crippen LogP contribution in [0, 0.1) is 0 Å². The average Bonchev–Trinajstić information content (AvgIpc) is 0.918. The summed E-state index contributed by atoms with van der Waals surface area (Å²) < 4.78 is 0. The predicted octanol–water partition coefficient (Wildman–Crippen LogP) is 0.505. The van der Waals surface area contributed by atoms with Gasteiger partial charge in [0.2, 0.25) is 0 Å². The zero-order valence-corrected chi connectivity index (χ0v) is 9.18. The molecule has 0 aromatic rings. The van der Waals surface area contributed by atoms with Crippen molar-refractivity contribution in [3.05, 3.63) is 0 Å². The molecule has 0 nitrogen and oxygen atoms in total. The Kier molecular flexibility index (Phi) is 20.0. The van der Waals surface area contributed by atoms with E-state index in [-0.39, 0.29) is 32.6 Å². The minimum atomic E-state index is 0. The standard InChI is InChI=1S/CH2Cl2.Pb.2H/c2-1-3;;;/h1H2;;;. The van der Waals surface area contributed by atoms with Crippen LogP contribution >= 0.6 is 23.2 Å². The Morgan fingerprint density at radius 2 is 1.25 bits per heavy atom. The van der Waals surface area contributed by atoms with E-state index in [1.165, 1.54) is 0 Å². The van der Waals surface area contributed by atoms with E-state index >= 15 is 0 Å². The van der Waals surface area contributed by atoms with E-state index in [1.54, 1.807) is 0 Å². The third-order valence-corrected chi connectivity index (χ3v) is 0. The second-order valence-corrected chi connectivity index (χ2v) is 0.909. The fourth-order valence-corrected chi connectivity index (χ4v) is 0. The molecule has 0 aromatic heterocycles. The molecule has 0 aromatic carbocycles. The van der Waals surface area contributed by atoms with Crippen molar-refractivity contribution < 1.29 is 0 Å². The van der Waals surface area contributed by atoms with Crippen LogP contribution in [0.1, 0.15) is 0 Å². The topological polar surface area (TPSA) is 0 Å². The van der Waals surface area contributed by atoms with Gasteiger partial charge >= 0.3 is 27.3 Å². The van der Waals surface area contributed by atoms with E-state index in [0.29, 0.717) is 0 Å². The summed E-state index contributed by atoms with van der Waals surface area (Å²) in [5.74, 6) is 0. The van der Waals surface area contributed by atoms with Crippen LogP contribution < -0.4 is 0 Å². The van der Waals surface area contributed by atoms with Gasteiger partial charge in [0.1, 0.15) is 0 Å². The van der Waals surface area contributed by atoms with E-state index in [4.69, 9.17) is 23.2 Å². The van der Waals surface area contributed by atoms with Gasteiger partial charge in [-0.2, -0.15) is 0 Å². The molecule has 0 aliphatic carbocycles. The molecule has 0 atom stereocenters. The third kappa shape index (κ3) is 9.72. The van der Waals surface area contributed by atoms with Crippen LogP contribution in [0.15, 0.2) is 0 Å². The molecular formula is CH4Cl2Pb. The summed E-state index contributed by atoms with van der Waals surface area (Å²) in [6, 6.07) is 0. The Balaban J connectivity index is 0. The van der Waals surface area contributed by atoms with Gasteiger partial charge in [-0.3, -0.25) is 0 Å². The van der Waals surface area contributed by atoms with Crippen LogP contribution in [0.5, 0.6) is 0 Å². The van der Waals surface area contributed by atoms with Gasteiger partial charge in [-0.05, 0) is 0 Å². The monoisotopic (exact) mass is 294 g/mol. The fourth-order valence-electron chi connectivity index (χ4n) is 0. The second kappa shape index (κ2) is 8.82. The van der Waals surface area contributed by atoms with Crippen molar-refractivity contribution in [1.82, 2.24) is 0 Å². The zero-order valence-electron chi connectivity index (χ0n) is 2.17. The molecule has 0 unspecified atom stereocenters. The number of hydrogen-bond donors (Lipinski definition) is 0. The summed E-state index contributed by atoms with van der Waals surface area (Å²) in [4.78, 5) is 0. The van der Waals surface area contributed by atoms with Crippen LogP contribution in [-0.2, 0) is 0 Å². The third-order valence-electron chi connectivity index (χ3n) is 0. The van der Waals surface area contributed by atoms with Crippen molar-refractivity contribution in [3.63, 3.8) is 0 Å². The van der Waals surface area contributed by atoms with Gasteiger partial charge in [0, 0.05) is 0 Å². The first-order valence-electron chi connectivity index (χ1n) is 0.535. The van der Waals surface area contributed by atoms with E-state index in [2.05, 4.69) is 0 Å². The molecule has 0 rings (SSSR count). The normalized spacial score (nSPS) is 4.50. The van der Waals surface area contributed by atoms with Crippen molar-refractivity contribution >= 4 is 50.5 Å². The number of alkyl halides is 2. The van der Waals surface area contributed by atoms with Crippen LogP contribution in [0.3, 0.4) is 0 Å². The number of halogens is 2. The summed E-state index contributed by atoms with van der Waals surface area (Å²) in [5, 5.41) is 0.194. The van der Waals surface area contributed by atoms with E-state index in [9.17, 15) is 0 Å². The molecule has 4 heavy (non-hydrogen) atoms. The molecule has 0 heterocycles. The summed E-state index contributed by atoms with van der Waals surface area (Å²) in [6.07, 6.45) is 0. The van der Waals surface area contributed by atoms with E-state index in [0.717, 1.165) is 0 Å². The maximum atomic E-state index is 4.76. The first-order valence-corrected chi connectivity index (χ1v) is 1.60. The Bertz CT molecular complexity index is 6.00. The van der Waals surface area contributed by atoms with Crippen molar-refractivity contribution in [2.45, 2.75) is 0 Å². The van der Waals surface area contributed by atoms with Gasteiger partial charge in [-0.15, -0.1) is 23.2 Å². The molecule has 0 N–H and O–H groups in total. The van der Waals surface area contributed by atoms with Gasteiger partial charge in [-0.1, -0.05) is 0 Å². The number of hydrogen-bond acceptors (Lipinski definition) is 0. The molecular weight excluding hydrogens is 290 g/mol. The van der Waals surface area contributed by atoms with Crippen molar-refractivity contribution in [3.8, 4) is 0 Å². The molecule has 0 saturated carbocycles. The predicted molar refractivity (Wildman–Crippen MR) is 25.1 cm³/mol. The summed E-state index contributed by atoms with van der Waals surface area (Å²) in [7, 11) is 0. The van der Waals surface area contributed by atoms with Crippen LogP contribution in [0.4, 0.5) is 0 Å². The summed E-state index contributed by atoms with van der Waals surface area (Å²) in [5.41, 5.74) is 0. The summed E-state index contributed by atoms with van der Waals surface area (Å²) in [6.45, 7) is 0. The quantitative estimate of drug-likeness (QED) is 0.451. The first-order chi connectivity index (χ1) is 1.41. The SMILES string of the molecule is ClCCl.[PbH2]. The molecule has 3 heteroatoms. The molecule has 0 aliphatic rings. The van der Waals surface area contributed by atoms with Crippen LogP contribution in [-0.4, -0.2) is 32.6 Å². The Labute approximate surface area is 55.6 Å². The van der Waals surface area contributed by atoms with Crippen LogP contribution in [0.25, 0.3) is 0 Å². The minimum absolute atomic E-state index is 0. The maximum absolute atomic E-state index is 4.76. The van der Waals surface area contributed by atoms with Gasteiger partial charge in [0.15, 0.2) is 0 Å². The fraction of sp³-hybridized carbons (Fsp3) is 1.00. The van der Waals surface area contributed by atoms with Crippen molar-refractivity contribution in [1.29, 1.82) is 0 Å². The molecule has 2 radical (unpaired) electrons. The molecule has 0 amide bonds. The van der Waals surface area contributed by atoms with Gasteiger partial charge in [-0.25, -0.2) is 0 Å². The van der Waals surface area contributed by atoms with Crippen molar-refractivity contribution in [2.75, 3.05) is 5.34 Å². The molecule has 0 spiro atoms. The Morgan fingerprint density at radius 1 is 1.25 bits per heavy atom. The molecule has 0 bridgehead atoms.